The first-order valence-corrected chi connectivity index (χ1v) is 7.94. The molecule has 0 atom stereocenters. The minimum atomic E-state index is -0.747. The van der Waals surface area contributed by atoms with Crippen molar-refractivity contribution in [1.82, 2.24) is 9.80 Å². The second-order valence-electron chi connectivity index (χ2n) is 5.69. The first kappa shape index (κ1) is 18.3. The van der Waals surface area contributed by atoms with Crippen molar-refractivity contribution in [3.63, 3.8) is 0 Å². The molecule has 4 amide bonds. The second kappa shape index (κ2) is 6.69. The standard InChI is InChI=1S/C17H12ClN3O6/c1-19-15(22)11(16(23)20(2)17(19)24)8-10-4-6-14(27-10)9-3-5-12(18)13(7-9)21(25)26/h3-8H,1-2H3. The van der Waals surface area contributed by atoms with Gasteiger partial charge in [0.2, 0.25) is 0 Å². The normalized spacial score (nSPS) is 14.8. The van der Waals surface area contributed by atoms with Gasteiger partial charge in [0.05, 0.1) is 4.92 Å². The highest BCUT2D eigenvalue weighted by molar-refractivity contribution is 6.32. The van der Waals surface area contributed by atoms with Crippen LogP contribution in [0.15, 0.2) is 40.3 Å². The van der Waals surface area contributed by atoms with Gasteiger partial charge in [-0.1, -0.05) is 11.6 Å². The van der Waals surface area contributed by atoms with E-state index in [0.29, 0.717) is 5.56 Å². The Morgan fingerprint density at radius 1 is 1.07 bits per heavy atom. The molecule has 0 bridgehead atoms. The molecule has 1 aliphatic heterocycles. The summed E-state index contributed by atoms with van der Waals surface area (Å²) < 4.78 is 5.57. The van der Waals surface area contributed by atoms with Crippen LogP contribution in [0.25, 0.3) is 17.4 Å². The second-order valence-corrected chi connectivity index (χ2v) is 6.10. The number of rotatable bonds is 3. The number of hydrogen-bond donors (Lipinski definition) is 0. The monoisotopic (exact) mass is 389 g/mol. The summed E-state index contributed by atoms with van der Waals surface area (Å²) >= 11 is 5.79. The molecule has 1 fully saturated rings. The summed E-state index contributed by atoms with van der Waals surface area (Å²) in [7, 11) is 2.53. The molecule has 1 aromatic heterocycles. The molecule has 0 N–H and O–H groups in total. The van der Waals surface area contributed by atoms with Gasteiger partial charge >= 0.3 is 6.03 Å². The molecule has 1 saturated heterocycles. The number of carbonyl (C=O) groups excluding carboxylic acids is 3. The molecule has 0 saturated carbocycles. The Kier molecular flexibility index (Phi) is 4.54. The summed E-state index contributed by atoms with van der Waals surface area (Å²) in [5.74, 6) is -1.03. The highest BCUT2D eigenvalue weighted by Crippen LogP contribution is 2.31. The van der Waals surface area contributed by atoms with E-state index in [1.807, 2.05) is 0 Å². The number of nitro groups is 1. The number of nitrogens with zero attached hydrogens (tertiary/aromatic N) is 3. The maximum absolute atomic E-state index is 12.2. The SMILES string of the molecule is CN1C(=O)C(=Cc2ccc(-c3ccc(Cl)c([N+](=O)[O-])c3)o2)C(=O)N(C)C1=O. The fraction of sp³-hybridized carbons (Fsp3) is 0.118. The van der Waals surface area contributed by atoms with Crippen LogP contribution in [0.4, 0.5) is 10.5 Å². The Morgan fingerprint density at radius 2 is 1.70 bits per heavy atom. The van der Waals surface area contributed by atoms with Crippen LogP contribution < -0.4 is 0 Å². The number of nitro benzene ring substituents is 1. The Balaban J connectivity index is 1.97. The zero-order chi connectivity index (χ0) is 19.9. The van der Waals surface area contributed by atoms with Crippen LogP contribution in [0.2, 0.25) is 5.02 Å². The molecular formula is C17H12ClN3O6. The van der Waals surface area contributed by atoms with Gasteiger partial charge in [0.15, 0.2) is 0 Å². The van der Waals surface area contributed by atoms with E-state index in [0.717, 1.165) is 9.80 Å². The predicted molar refractivity (Wildman–Crippen MR) is 94.7 cm³/mol. The summed E-state index contributed by atoms with van der Waals surface area (Å²) in [6.07, 6.45) is 1.22. The van der Waals surface area contributed by atoms with Crippen molar-refractivity contribution in [2.75, 3.05) is 14.1 Å². The molecule has 0 spiro atoms. The van der Waals surface area contributed by atoms with Crippen LogP contribution in [0.1, 0.15) is 5.76 Å². The highest BCUT2D eigenvalue weighted by Gasteiger charge is 2.38. The minimum absolute atomic E-state index is 0.00760. The molecule has 0 radical (unpaired) electrons. The van der Waals surface area contributed by atoms with Gasteiger partial charge in [0.25, 0.3) is 17.5 Å². The smallest absolute Gasteiger partial charge is 0.333 e. The zero-order valence-electron chi connectivity index (χ0n) is 14.1. The van der Waals surface area contributed by atoms with Crippen LogP contribution in [0, 0.1) is 10.1 Å². The molecule has 0 aliphatic carbocycles. The largest absolute Gasteiger partial charge is 0.457 e. The number of hydrogen-bond acceptors (Lipinski definition) is 6. The number of carbonyl (C=O) groups is 3. The van der Waals surface area contributed by atoms with Crippen molar-refractivity contribution in [3.8, 4) is 11.3 Å². The van der Waals surface area contributed by atoms with Crippen molar-refractivity contribution < 1.29 is 23.7 Å². The Bertz CT molecular complexity index is 999. The van der Waals surface area contributed by atoms with Gasteiger partial charge in [-0.25, -0.2) is 4.79 Å². The Morgan fingerprint density at radius 3 is 2.30 bits per heavy atom. The third kappa shape index (κ3) is 3.20. The van der Waals surface area contributed by atoms with Gasteiger partial charge in [0.1, 0.15) is 22.1 Å². The van der Waals surface area contributed by atoms with Gasteiger partial charge in [-0.15, -0.1) is 0 Å². The van der Waals surface area contributed by atoms with Crippen LogP contribution in [0.5, 0.6) is 0 Å². The molecular weight excluding hydrogens is 378 g/mol. The average molecular weight is 390 g/mol. The Labute approximate surface area is 157 Å². The van der Waals surface area contributed by atoms with Gasteiger partial charge in [-0.3, -0.25) is 29.5 Å². The lowest BCUT2D eigenvalue weighted by molar-refractivity contribution is -0.384. The van der Waals surface area contributed by atoms with Gasteiger partial charge in [0, 0.05) is 25.7 Å². The molecule has 0 unspecified atom stereocenters. The number of likely N-dealkylation sites (N-methyl/N-ethyl adjacent to an activating group) is 2. The van der Waals surface area contributed by atoms with E-state index in [1.165, 1.54) is 44.4 Å². The van der Waals surface area contributed by atoms with Crippen LogP contribution in [-0.2, 0) is 9.59 Å². The van der Waals surface area contributed by atoms with Crippen LogP contribution >= 0.6 is 11.6 Å². The molecule has 3 rings (SSSR count). The number of urea groups is 1. The van der Waals surface area contributed by atoms with Crippen LogP contribution in [0.3, 0.4) is 0 Å². The summed E-state index contributed by atoms with van der Waals surface area (Å²) in [6.45, 7) is 0. The number of imide groups is 2. The third-order valence-corrected chi connectivity index (χ3v) is 4.30. The molecule has 9 nitrogen and oxygen atoms in total. The van der Waals surface area contributed by atoms with Crippen LogP contribution in [-0.4, -0.2) is 46.7 Å². The van der Waals surface area contributed by atoms with E-state index >= 15 is 0 Å². The topological polar surface area (TPSA) is 114 Å². The van der Waals surface area contributed by atoms with E-state index < -0.39 is 22.8 Å². The first-order valence-electron chi connectivity index (χ1n) is 7.56. The fourth-order valence-electron chi connectivity index (χ4n) is 2.51. The van der Waals surface area contributed by atoms with Gasteiger partial charge in [-0.2, -0.15) is 0 Å². The average Bonchev–Trinajstić information content (AvgIpc) is 3.11. The molecule has 138 valence electrons. The number of benzene rings is 1. The first-order chi connectivity index (χ1) is 12.7. The number of barbiturate groups is 1. The molecule has 2 heterocycles. The van der Waals surface area contributed by atoms with E-state index in [1.54, 1.807) is 6.07 Å². The maximum Gasteiger partial charge on any atom is 0.333 e. The summed E-state index contributed by atoms with van der Waals surface area (Å²) in [5, 5.41) is 11.0. The number of furan rings is 1. The van der Waals surface area contributed by atoms with E-state index in [2.05, 4.69) is 0 Å². The lowest BCUT2D eigenvalue weighted by Gasteiger charge is -2.28. The number of amides is 4. The minimum Gasteiger partial charge on any atom is -0.457 e. The van der Waals surface area contributed by atoms with Gasteiger partial charge in [-0.05, 0) is 30.3 Å². The summed E-state index contributed by atoms with van der Waals surface area (Å²) in [5.41, 5.74) is -0.103. The highest BCUT2D eigenvalue weighted by atomic mass is 35.5. The quantitative estimate of drug-likeness (QED) is 0.345. The van der Waals surface area contributed by atoms with Crippen molar-refractivity contribution >= 4 is 41.2 Å². The van der Waals surface area contributed by atoms with Crippen molar-refractivity contribution in [2.45, 2.75) is 0 Å². The maximum atomic E-state index is 12.2. The lowest BCUT2D eigenvalue weighted by Crippen LogP contribution is -2.52. The summed E-state index contributed by atoms with van der Waals surface area (Å²) in [6, 6.07) is 6.49. The van der Waals surface area contributed by atoms with E-state index in [4.69, 9.17) is 16.0 Å². The fourth-order valence-corrected chi connectivity index (χ4v) is 2.70. The van der Waals surface area contributed by atoms with E-state index in [9.17, 15) is 24.5 Å². The third-order valence-electron chi connectivity index (χ3n) is 3.98. The van der Waals surface area contributed by atoms with Gasteiger partial charge < -0.3 is 4.42 Å². The van der Waals surface area contributed by atoms with E-state index in [-0.39, 0.29) is 27.8 Å². The predicted octanol–water partition coefficient (Wildman–Crippen LogP) is 2.94. The number of halogens is 1. The zero-order valence-corrected chi connectivity index (χ0v) is 14.9. The van der Waals surface area contributed by atoms with Crippen molar-refractivity contribution in [1.29, 1.82) is 0 Å². The molecule has 1 aliphatic rings. The van der Waals surface area contributed by atoms with Crippen molar-refractivity contribution in [2.24, 2.45) is 0 Å². The Hall–Kier alpha value is -3.46. The molecule has 1 aromatic carbocycles. The lowest BCUT2D eigenvalue weighted by atomic mass is 10.1. The van der Waals surface area contributed by atoms with Crippen molar-refractivity contribution in [3.05, 3.63) is 56.8 Å². The summed E-state index contributed by atoms with van der Waals surface area (Å²) in [4.78, 5) is 48.1. The molecule has 27 heavy (non-hydrogen) atoms. The molecule has 10 heteroatoms. The molecule has 2 aromatic rings.